The van der Waals surface area contributed by atoms with E-state index in [1.807, 2.05) is 0 Å². The van der Waals surface area contributed by atoms with E-state index >= 15 is 0 Å². The number of ether oxygens (including phenoxy) is 1. The first-order chi connectivity index (χ1) is 5.52. The standard InChI is InChI=1S/C7H11F2NO2/c1-2-12-6(11)7(10)3-4(7)5(8)9/h4-5H,2-3,10H2,1H3/t4-,7+/m0/s1. The summed E-state index contributed by atoms with van der Waals surface area (Å²) < 4.78 is 28.6. The zero-order valence-corrected chi connectivity index (χ0v) is 6.72. The molecule has 0 amide bonds. The minimum absolute atomic E-state index is 0.0312. The van der Waals surface area contributed by atoms with Crippen molar-refractivity contribution in [3.05, 3.63) is 0 Å². The van der Waals surface area contributed by atoms with E-state index in [2.05, 4.69) is 4.74 Å². The van der Waals surface area contributed by atoms with Gasteiger partial charge in [-0.2, -0.15) is 0 Å². The van der Waals surface area contributed by atoms with Gasteiger partial charge in [-0.05, 0) is 13.3 Å². The molecular formula is C7H11F2NO2. The molecule has 0 radical (unpaired) electrons. The van der Waals surface area contributed by atoms with Gasteiger partial charge >= 0.3 is 5.97 Å². The van der Waals surface area contributed by atoms with Crippen molar-refractivity contribution in [2.24, 2.45) is 11.7 Å². The summed E-state index contributed by atoms with van der Waals surface area (Å²) in [4.78, 5) is 11.0. The van der Waals surface area contributed by atoms with Crippen LogP contribution in [-0.2, 0) is 9.53 Å². The minimum Gasteiger partial charge on any atom is -0.465 e. The molecule has 0 heterocycles. The van der Waals surface area contributed by atoms with Crippen molar-refractivity contribution in [2.45, 2.75) is 25.3 Å². The second-order valence-electron chi connectivity index (χ2n) is 2.91. The van der Waals surface area contributed by atoms with E-state index in [0.717, 1.165) is 0 Å². The first-order valence-corrected chi connectivity index (χ1v) is 3.76. The fourth-order valence-electron chi connectivity index (χ4n) is 1.12. The maximum atomic E-state index is 12.0. The third-order valence-electron chi connectivity index (χ3n) is 2.02. The van der Waals surface area contributed by atoms with E-state index in [4.69, 9.17) is 5.73 Å². The summed E-state index contributed by atoms with van der Waals surface area (Å²) in [5.74, 6) is -1.73. The van der Waals surface area contributed by atoms with Crippen LogP contribution in [-0.4, -0.2) is 24.5 Å². The van der Waals surface area contributed by atoms with Gasteiger partial charge in [0.05, 0.1) is 12.5 Å². The van der Waals surface area contributed by atoms with Crippen molar-refractivity contribution in [1.82, 2.24) is 0 Å². The number of hydrogen-bond acceptors (Lipinski definition) is 3. The zero-order chi connectivity index (χ0) is 9.35. The van der Waals surface area contributed by atoms with Gasteiger partial charge in [0.15, 0.2) is 0 Å². The van der Waals surface area contributed by atoms with Crippen LogP contribution >= 0.6 is 0 Å². The van der Waals surface area contributed by atoms with Gasteiger partial charge in [0.1, 0.15) is 5.54 Å². The van der Waals surface area contributed by atoms with Gasteiger partial charge in [-0.3, -0.25) is 4.79 Å². The lowest BCUT2D eigenvalue weighted by molar-refractivity contribution is -0.146. The quantitative estimate of drug-likeness (QED) is 0.643. The molecule has 12 heavy (non-hydrogen) atoms. The summed E-state index contributed by atoms with van der Waals surface area (Å²) in [5.41, 5.74) is 3.95. The minimum atomic E-state index is -2.53. The van der Waals surface area contributed by atoms with Crippen molar-refractivity contribution in [2.75, 3.05) is 6.61 Å². The van der Waals surface area contributed by atoms with E-state index in [-0.39, 0.29) is 13.0 Å². The lowest BCUT2D eigenvalue weighted by Gasteiger charge is -2.09. The SMILES string of the molecule is CCOC(=O)[C@@]1(N)C[C@H]1C(F)F. The number of halogens is 2. The second-order valence-corrected chi connectivity index (χ2v) is 2.91. The van der Waals surface area contributed by atoms with Crippen molar-refractivity contribution < 1.29 is 18.3 Å². The summed E-state index contributed by atoms with van der Waals surface area (Å²) in [6.45, 7) is 1.79. The van der Waals surface area contributed by atoms with Crippen molar-refractivity contribution >= 4 is 5.97 Å². The third kappa shape index (κ3) is 1.41. The molecular weight excluding hydrogens is 168 g/mol. The van der Waals surface area contributed by atoms with Crippen LogP contribution in [0.3, 0.4) is 0 Å². The topological polar surface area (TPSA) is 52.3 Å². The first kappa shape index (κ1) is 9.38. The van der Waals surface area contributed by atoms with Crippen LogP contribution in [0.4, 0.5) is 8.78 Å². The smallest absolute Gasteiger partial charge is 0.326 e. The summed E-state index contributed by atoms with van der Waals surface area (Å²) in [6, 6.07) is 0. The molecule has 0 aliphatic heterocycles. The number of alkyl halides is 2. The highest BCUT2D eigenvalue weighted by atomic mass is 19.3. The molecule has 70 valence electrons. The predicted octanol–water partition coefficient (Wildman–Crippen LogP) is 0.532. The van der Waals surface area contributed by atoms with E-state index in [0.29, 0.717) is 0 Å². The van der Waals surface area contributed by atoms with Crippen molar-refractivity contribution in [3.8, 4) is 0 Å². The molecule has 0 aromatic carbocycles. The Morgan fingerprint density at radius 3 is 2.75 bits per heavy atom. The molecule has 0 aromatic heterocycles. The number of hydrogen-bond donors (Lipinski definition) is 1. The lowest BCUT2D eigenvalue weighted by atomic mass is 10.2. The van der Waals surface area contributed by atoms with Crippen molar-refractivity contribution in [3.63, 3.8) is 0 Å². The Kier molecular flexibility index (Phi) is 2.32. The molecule has 1 aliphatic carbocycles. The van der Waals surface area contributed by atoms with E-state index in [1.54, 1.807) is 6.92 Å². The maximum absolute atomic E-state index is 12.0. The molecule has 2 N–H and O–H groups in total. The highest BCUT2D eigenvalue weighted by Gasteiger charge is 2.62. The summed E-state index contributed by atoms with van der Waals surface area (Å²) in [5, 5.41) is 0. The highest BCUT2D eigenvalue weighted by molar-refractivity contribution is 5.84. The Hall–Kier alpha value is -0.710. The molecule has 0 bridgehead atoms. The van der Waals surface area contributed by atoms with Gasteiger partial charge < -0.3 is 10.5 Å². The molecule has 1 rings (SSSR count). The maximum Gasteiger partial charge on any atom is 0.326 e. The summed E-state index contributed by atoms with van der Waals surface area (Å²) in [6.07, 6.45) is -2.50. The predicted molar refractivity (Wildman–Crippen MR) is 37.7 cm³/mol. The Labute approximate surface area is 68.9 Å². The molecule has 1 fully saturated rings. The molecule has 1 aliphatic rings. The number of carbonyl (C=O) groups excluding carboxylic acids is 1. The Morgan fingerprint density at radius 2 is 2.42 bits per heavy atom. The van der Waals surface area contributed by atoms with Gasteiger partial charge in [0.2, 0.25) is 6.43 Å². The summed E-state index contributed by atoms with van der Waals surface area (Å²) >= 11 is 0. The Bertz CT molecular complexity index is 198. The van der Waals surface area contributed by atoms with Gasteiger partial charge in [-0.1, -0.05) is 0 Å². The van der Waals surface area contributed by atoms with Crippen LogP contribution in [0.25, 0.3) is 0 Å². The molecule has 1 saturated carbocycles. The largest absolute Gasteiger partial charge is 0.465 e. The lowest BCUT2D eigenvalue weighted by Crippen LogP contribution is -2.38. The van der Waals surface area contributed by atoms with Gasteiger partial charge in [-0.15, -0.1) is 0 Å². The monoisotopic (exact) mass is 179 g/mol. The average molecular weight is 179 g/mol. The Balaban J connectivity index is 2.49. The molecule has 0 spiro atoms. The number of rotatable bonds is 3. The number of nitrogens with two attached hydrogens (primary N) is 1. The molecule has 2 atom stereocenters. The zero-order valence-electron chi connectivity index (χ0n) is 6.72. The van der Waals surface area contributed by atoms with Crippen LogP contribution in [0.1, 0.15) is 13.3 Å². The normalized spacial score (nSPS) is 33.6. The van der Waals surface area contributed by atoms with E-state index < -0.39 is 23.9 Å². The van der Waals surface area contributed by atoms with Gasteiger partial charge in [0, 0.05) is 0 Å². The average Bonchev–Trinajstić information content (AvgIpc) is 2.65. The highest BCUT2D eigenvalue weighted by Crippen LogP contribution is 2.46. The van der Waals surface area contributed by atoms with Crippen LogP contribution < -0.4 is 5.73 Å². The summed E-state index contributed by atoms with van der Waals surface area (Å²) in [7, 11) is 0. The molecule has 5 heteroatoms. The van der Waals surface area contributed by atoms with Crippen LogP contribution in [0.5, 0.6) is 0 Å². The molecule has 0 saturated heterocycles. The van der Waals surface area contributed by atoms with E-state index in [9.17, 15) is 13.6 Å². The fourth-order valence-corrected chi connectivity index (χ4v) is 1.12. The molecule has 0 unspecified atom stereocenters. The van der Waals surface area contributed by atoms with Crippen molar-refractivity contribution in [1.29, 1.82) is 0 Å². The second kappa shape index (κ2) is 2.97. The third-order valence-corrected chi connectivity index (χ3v) is 2.02. The number of esters is 1. The fraction of sp³-hybridized carbons (Fsp3) is 0.857. The molecule has 0 aromatic rings. The van der Waals surface area contributed by atoms with Crippen LogP contribution in [0.2, 0.25) is 0 Å². The van der Waals surface area contributed by atoms with E-state index in [1.165, 1.54) is 0 Å². The van der Waals surface area contributed by atoms with Gasteiger partial charge in [-0.25, -0.2) is 8.78 Å². The van der Waals surface area contributed by atoms with Crippen LogP contribution in [0, 0.1) is 5.92 Å². The molecule has 3 nitrogen and oxygen atoms in total. The van der Waals surface area contributed by atoms with Gasteiger partial charge in [0.25, 0.3) is 0 Å². The first-order valence-electron chi connectivity index (χ1n) is 3.76. The number of carbonyl (C=O) groups is 1. The Morgan fingerprint density at radius 1 is 1.83 bits per heavy atom. The van der Waals surface area contributed by atoms with Crippen LogP contribution in [0.15, 0.2) is 0 Å².